The van der Waals surface area contributed by atoms with Crippen LogP contribution in [0.25, 0.3) is 0 Å². The molecule has 2 aromatic rings. The van der Waals surface area contributed by atoms with Crippen LogP contribution in [-0.2, 0) is 16.1 Å². The second-order valence-corrected chi connectivity index (χ2v) is 4.28. The minimum atomic E-state index is -0.524. The lowest BCUT2D eigenvalue weighted by molar-refractivity contribution is -0.147. The van der Waals surface area contributed by atoms with Crippen LogP contribution in [0, 0.1) is 5.82 Å². The molecule has 0 spiro atoms. The Bertz CT molecular complexity index is 520. The summed E-state index contributed by atoms with van der Waals surface area (Å²) in [5.41, 5.74) is 0.726. The fraction of sp³-hybridized carbons (Fsp3) is 0.143. The minimum absolute atomic E-state index is 0.0930. The third-order valence-corrected chi connectivity index (χ3v) is 2.58. The largest absolute Gasteiger partial charge is 0.482 e. The number of carbonyl (C=O) groups excluding carboxylic acids is 1. The van der Waals surface area contributed by atoms with Gasteiger partial charge >= 0.3 is 5.97 Å². The molecule has 1 aromatic heterocycles. The number of esters is 1. The Morgan fingerprint density at radius 3 is 2.60 bits per heavy atom. The molecular weight excluding hydrogens is 285 g/mol. The van der Waals surface area contributed by atoms with E-state index in [0.717, 1.165) is 5.56 Å². The number of halogens is 2. The molecule has 0 amide bonds. The van der Waals surface area contributed by atoms with Crippen molar-refractivity contribution in [3.05, 3.63) is 59.1 Å². The molecule has 0 fully saturated rings. The Labute approximate surface area is 120 Å². The Balaban J connectivity index is 1.75. The number of aromatic nitrogens is 1. The zero-order chi connectivity index (χ0) is 14.4. The summed E-state index contributed by atoms with van der Waals surface area (Å²) in [6.45, 7) is -0.150. The summed E-state index contributed by atoms with van der Waals surface area (Å²) in [5.74, 6) is -0.490. The van der Waals surface area contributed by atoms with Crippen molar-refractivity contribution in [1.82, 2.24) is 4.98 Å². The second kappa shape index (κ2) is 6.86. The third kappa shape index (κ3) is 4.51. The Hall–Kier alpha value is -2.14. The van der Waals surface area contributed by atoms with Crippen LogP contribution in [0.2, 0.25) is 5.15 Å². The first kappa shape index (κ1) is 14.3. The van der Waals surface area contributed by atoms with E-state index in [1.165, 1.54) is 30.5 Å². The summed E-state index contributed by atoms with van der Waals surface area (Å²) in [4.78, 5) is 15.3. The predicted octanol–water partition coefficient (Wildman–Crippen LogP) is 3.00. The van der Waals surface area contributed by atoms with Gasteiger partial charge in [-0.25, -0.2) is 14.2 Å². The van der Waals surface area contributed by atoms with Crippen molar-refractivity contribution in [2.24, 2.45) is 0 Å². The van der Waals surface area contributed by atoms with Gasteiger partial charge in [-0.3, -0.25) is 0 Å². The van der Waals surface area contributed by atoms with Crippen LogP contribution < -0.4 is 4.74 Å². The summed E-state index contributed by atoms with van der Waals surface area (Å²) in [5, 5.41) is 0.375. The highest BCUT2D eigenvalue weighted by Crippen LogP contribution is 2.11. The molecule has 0 aliphatic heterocycles. The van der Waals surface area contributed by atoms with Crippen molar-refractivity contribution in [2.75, 3.05) is 6.61 Å². The molecule has 2 rings (SSSR count). The number of hydrogen-bond donors (Lipinski definition) is 0. The first-order valence-electron chi connectivity index (χ1n) is 5.78. The highest BCUT2D eigenvalue weighted by Gasteiger charge is 2.05. The first-order valence-corrected chi connectivity index (χ1v) is 6.16. The van der Waals surface area contributed by atoms with E-state index >= 15 is 0 Å². The number of nitrogens with zero attached hydrogens (tertiary/aromatic N) is 1. The van der Waals surface area contributed by atoms with E-state index in [1.54, 1.807) is 12.1 Å². The number of carbonyl (C=O) groups is 1. The van der Waals surface area contributed by atoms with Crippen LogP contribution in [0.15, 0.2) is 42.6 Å². The van der Waals surface area contributed by atoms with Gasteiger partial charge in [0.1, 0.15) is 23.3 Å². The van der Waals surface area contributed by atoms with Gasteiger partial charge in [-0.1, -0.05) is 17.7 Å². The molecule has 1 heterocycles. The van der Waals surface area contributed by atoms with Gasteiger partial charge < -0.3 is 9.47 Å². The molecule has 0 aliphatic carbocycles. The molecule has 0 bridgehead atoms. The molecule has 1 aromatic carbocycles. The van der Waals surface area contributed by atoms with Crippen molar-refractivity contribution in [3.8, 4) is 5.75 Å². The van der Waals surface area contributed by atoms with Crippen LogP contribution in [0.5, 0.6) is 5.75 Å². The molecule has 0 N–H and O–H groups in total. The minimum Gasteiger partial charge on any atom is -0.482 e. The van der Waals surface area contributed by atoms with Gasteiger partial charge in [-0.2, -0.15) is 0 Å². The molecule has 104 valence electrons. The zero-order valence-corrected chi connectivity index (χ0v) is 11.1. The quantitative estimate of drug-likeness (QED) is 0.628. The number of pyridine rings is 1. The molecule has 20 heavy (non-hydrogen) atoms. The maximum atomic E-state index is 12.7. The summed E-state index contributed by atoms with van der Waals surface area (Å²) in [7, 11) is 0. The van der Waals surface area contributed by atoms with Crippen molar-refractivity contribution >= 4 is 17.6 Å². The van der Waals surface area contributed by atoms with Gasteiger partial charge in [0.25, 0.3) is 0 Å². The predicted molar refractivity (Wildman–Crippen MR) is 70.9 cm³/mol. The Morgan fingerprint density at radius 2 is 1.95 bits per heavy atom. The van der Waals surface area contributed by atoms with E-state index in [9.17, 15) is 9.18 Å². The molecule has 0 radical (unpaired) electrons. The molecule has 0 saturated heterocycles. The van der Waals surface area contributed by atoms with Crippen molar-refractivity contribution in [2.45, 2.75) is 6.61 Å². The first-order chi connectivity index (χ1) is 9.63. The van der Waals surface area contributed by atoms with Gasteiger partial charge in [0.15, 0.2) is 6.61 Å². The van der Waals surface area contributed by atoms with E-state index in [1.807, 2.05) is 0 Å². The summed E-state index contributed by atoms with van der Waals surface area (Å²) in [6.07, 6.45) is 1.52. The van der Waals surface area contributed by atoms with Gasteiger partial charge in [0.05, 0.1) is 0 Å². The van der Waals surface area contributed by atoms with Gasteiger partial charge in [0, 0.05) is 11.8 Å². The lowest BCUT2D eigenvalue weighted by Crippen LogP contribution is -2.14. The average Bonchev–Trinajstić information content (AvgIpc) is 2.46. The SMILES string of the molecule is O=C(COc1ccc(F)cc1)OCc1ccc(Cl)nc1. The lowest BCUT2D eigenvalue weighted by atomic mass is 10.3. The smallest absolute Gasteiger partial charge is 0.344 e. The zero-order valence-electron chi connectivity index (χ0n) is 10.4. The second-order valence-electron chi connectivity index (χ2n) is 3.89. The van der Waals surface area contributed by atoms with Crippen LogP contribution in [-0.4, -0.2) is 17.6 Å². The number of rotatable bonds is 5. The molecule has 0 atom stereocenters. The number of benzene rings is 1. The van der Waals surface area contributed by atoms with E-state index in [-0.39, 0.29) is 19.0 Å². The van der Waals surface area contributed by atoms with Gasteiger partial charge in [-0.15, -0.1) is 0 Å². The average molecular weight is 296 g/mol. The van der Waals surface area contributed by atoms with Crippen molar-refractivity contribution in [3.63, 3.8) is 0 Å². The molecule has 6 heteroatoms. The Morgan fingerprint density at radius 1 is 1.20 bits per heavy atom. The van der Waals surface area contributed by atoms with Crippen molar-refractivity contribution in [1.29, 1.82) is 0 Å². The van der Waals surface area contributed by atoms with E-state index in [0.29, 0.717) is 10.9 Å². The molecule has 4 nitrogen and oxygen atoms in total. The lowest BCUT2D eigenvalue weighted by Gasteiger charge is -2.07. The Kier molecular flexibility index (Phi) is 4.90. The number of ether oxygens (including phenoxy) is 2. The maximum Gasteiger partial charge on any atom is 0.344 e. The third-order valence-electron chi connectivity index (χ3n) is 2.36. The number of hydrogen-bond acceptors (Lipinski definition) is 4. The maximum absolute atomic E-state index is 12.7. The fourth-order valence-electron chi connectivity index (χ4n) is 1.37. The summed E-state index contributed by atoms with van der Waals surface area (Å²) >= 11 is 5.64. The molecule has 0 aliphatic rings. The summed E-state index contributed by atoms with van der Waals surface area (Å²) < 4.78 is 22.8. The highest BCUT2D eigenvalue weighted by molar-refractivity contribution is 6.29. The van der Waals surface area contributed by atoms with Gasteiger partial charge in [-0.05, 0) is 30.3 Å². The van der Waals surface area contributed by atoms with E-state index < -0.39 is 5.97 Å². The fourth-order valence-corrected chi connectivity index (χ4v) is 1.48. The van der Waals surface area contributed by atoms with Gasteiger partial charge in [0.2, 0.25) is 0 Å². The molecule has 0 saturated carbocycles. The van der Waals surface area contributed by atoms with E-state index in [2.05, 4.69) is 4.98 Å². The molecular formula is C14H11ClFNO3. The van der Waals surface area contributed by atoms with Crippen molar-refractivity contribution < 1.29 is 18.7 Å². The molecule has 0 unspecified atom stereocenters. The summed E-state index contributed by atoms with van der Waals surface area (Å²) in [6, 6.07) is 8.70. The highest BCUT2D eigenvalue weighted by atomic mass is 35.5. The van der Waals surface area contributed by atoms with Crippen LogP contribution in [0.4, 0.5) is 4.39 Å². The standard InChI is InChI=1S/C14H11ClFNO3/c15-13-6-1-10(7-17-13)8-20-14(18)9-19-12-4-2-11(16)3-5-12/h1-7H,8-9H2. The normalized spacial score (nSPS) is 10.1. The van der Waals surface area contributed by atoms with E-state index in [4.69, 9.17) is 21.1 Å². The topological polar surface area (TPSA) is 48.4 Å². The van der Waals surface area contributed by atoms with Crippen LogP contribution in [0.1, 0.15) is 5.56 Å². The monoisotopic (exact) mass is 295 g/mol. The van der Waals surface area contributed by atoms with Crippen LogP contribution >= 0.6 is 11.6 Å². The van der Waals surface area contributed by atoms with Crippen LogP contribution in [0.3, 0.4) is 0 Å².